The molecule has 0 aliphatic carbocycles. The fourth-order valence-corrected chi connectivity index (χ4v) is 3.00. The topological polar surface area (TPSA) is 53.1 Å². The molecule has 0 aromatic carbocycles. The van der Waals surface area contributed by atoms with E-state index < -0.39 is 5.97 Å². The molecule has 0 amide bonds. The van der Waals surface area contributed by atoms with E-state index in [0.29, 0.717) is 5.69 Å². The summed E-state index contributed by atoms with van der Waals surface area (Å²) in [7, 11) is 0. The molecule has 0 unspecified atom stereocenters. The van der Waals surface area contributed by atoms with Gasteiger partial charge < -0.3 is 10.1 Å². The van der Waals surface area contributed by atoms with Gasteiger partial charge in [-0.3, -0.25) is 0 Å². The number of nitrogens with one attached hydrogen (secondary N) is 1. The van der Waals surface area contributed by atoms with Crippen LogP contribution in [0.1, 0.15) is 99.2 Å². The maximum absolute atomic E-state index is 11.0. The first-order valence-electron chi connectivity index (χ1n) is 9.07. The van der Waals surface area contributed by atoms with Crippen LogP contribution in [-0.2, 0) is 6.42 Å². The van der Waals surface area contributed by atoms with Crippen LogP contribution < -0.4 is 0 Å². The lowest BCUT2D eigenvalue weighted by Crippen LogP contribution is -1.99. The highest BCUT2D eigenvalue weighted by Crippen LogP contribution is 2.17. The number of carboxylic acid groups (broad SMARTS) is 1. The summed E-state index contributed by atoms with van der Waals surface area (Å²) in [4.78, 5) is 13.8. The van der Waals surface area contributed by atoms with E-state index in [4.69, 9.17) is 5.11 Å². The lowest BCUT2D eigenvalue weighted by atomic mass is 10.0. The van der Waals surface area contributed by atoms with Gasteiger partial charge in [0, 0.05) is 6.20 Å². The van der Waals surface area contributed by atoms with Crippen LogP contribution in [0, 0.1) is 6.92 Å². The van der Waals surface area contributed by atoms with Crippen LogP contribution in [0.4, 0.5) is 0 Å². The minimum absolute atomic E-state index is 0.345. The van der Waals surface area contributed by atoms with Gasteiger partial charge in [-0.05, 0) is 30.9 Å². The summed E-state index contributed by atoms with van der Waals surface area (Å²) in [6.07, 6.45) is 17.6. The average molecular weight is 307 g/mol. The number of hydrogen-bond donors (Lipinski definition) is 2. The van der Waals surface area contributed by atoms with Crippen molar-refractivity contribution in [3.8, 4) is 0 Å². The molecule has 0 saturated carbocycles. The SMILES string of the molecule is CCCCCCCCCCCCCc1c[nH]c(C(=O)O)c1C. The second-order valence-electron chi connectivity index (χ2n) is 6.40. The molecule has 0 spiro atoms. The highest BCUT2D eigenvalue weighted by Gasteiger charge is 2.12. The van der Waals surface area contributed by atoms with E-state index in [-0.39, 0.29) is 0 Å². The van der Waals surface area contributed by atoms with Gasteiger partial charge in [0.1, 0.15) is 5.69 Å². The van der Waals surface area contributed by atoms with Gasteiger partial charge in [-0.15, -0.1) is 0 Å². The molecule has 0 aliphatic rings. The van der Waals surface area contributed by atoms with Crippen molar-refractivity contribution in [3.05, 3.63) is 23.0 Å². The number of unbranched alkanes of at least 4 members (excludes halogenated alkanes) is 10. The van der Waals surface area contributed by atoms with Crippen molar-refractivity contribution in [1.29, 1.82) is 0 Å². The minimum Gasteiger partial charge on any atom is -0.477 e. The standard InChI is InChI=1S/C19H33NO2/c1-3-4-5-6-7-8-9-10-11-12-13-14-17-15-20-18(16(17)2)19(21)22/h15,20H,3-14H2,1-2H3,(H,21,22). The Bertz CT molecular complexity index is 423. The normalized spacial score (nSPS) is 11.0. The van der Waals surface area contributed by atoms with E-state index >= 15 is 0 Å². The summed E-state index contributed by atoms with van der Waals surface area (Å²) < 4.78 is 0. The highest BCUT2D eigenvalue weighted by atomic mass is 16.4. The summed E-state index contributed by atoms with van der Waals surface area (Å²) in [5.74, 6) is -0.859. The molecule has 1 rings (SSSR count). The largest absolute Gasteiger partial charge is 0.477 e. The number of hydrogen-bond acceptors (Lipinski definition) is 1. The van der Waals surface area contributed by atoms with Crippen LogP contribution in [0.15, 0.2) is 6.20 Å². The van der Waals surface area contributed by atoms with E-state index in [9.17, 15) is 4.79 Å². The second-order valence-corrected chi connectivity index (χ2v) is 6.40. The van der Waals surface area contributed by atoms with Gasteiger partial charge in [-0.2, -0.15) is 0 Å². The van der Waals surface area contributed by atoms with Crippen molar-refractivity contribution in [2.75, 3.05) is 0 Å². The Morgan fingerprint density at radius 1 is 0.955 bits per heavy atom. The Morgan fingerprint density at radius 2 is 1.45 bits per heavy atom. The summed E-state index contributed by atoms with van der Waals surface area (Å²) >= 11 is 0. The van der Waals surface area contributed by atoms with Crippen LogP contribution in [0.5, 0.6) is 0 Å². The van der Waals surface area contributed by atoms with Crippen molar-refractivity contribution < 1.29 is 9.90 Å². The van der Waals surface area contributed by atoms with Crippen molar-refractivity contribution in [2.45, 2.75) is 90.9 Å². The molecule has 0 radical (unpaired) electrons. The lowest BCUT2D eigenvalue weighted by Gasteiger charge is -2.03. The smallest absolute Gasteiger partial charge is 0.352 e. The molecule has 126 valence electrons. The molecule has 2 N–H and O–H groups in total. The van der Waals surface area contributed by atoms with E-state index in [2.05, 4.69) is 11.9 Å². The molecule has 3 heteroatoms. The third-order valence-corrected chi connectivity index (χ3v) is 4.51. The Morgan fingerprint density at radius 3 is 1.91 bits per heavy atom. The third kappa shape index (κ3) is 7.15. The molecule has 0 bridgehead atoms. The van der Waals surface area contributed by atoms with Gasteiger partial charge in [-0.25, -0.2) is 4.79 Å². The van der Waals surface area contributed by atoms with Gasteiger partial charge in [-0.1, -0.05) is 71.1 Å². The van der Waals surface area contributed by atoms with Gasteiger partial charge in [0.05, 0.1) is 0 Å². The van der Waals surface area contributed by atoms with Crippen molar-refractivity contribution in [2.24, 2.45) is 0 Å². The maximum Gasteiger partial charge on any atom is 0.352 e. The molecule has 1 aromatic heterocycles. The summed E-state index contributed by atoms with van der Waals surface area (Å²) in [5, 5.41) is 9.01. The molecular formula is C19H33NO2. The zero-order valence-corrected chi connectivity index (χ0v) is 14.4. The van der Waals surface area contributed by atoms with Crippen molar-refractivity contribution in [1.82, 2.24) is 4.98 Å². The van der Waals surface area contributed by atoms with Crippen LogP contribution in [0.25, 0.3) is 0 Å². The number of carbonyl (C=O) groups is 1. The lowest BCUT2D eigenvalue weighted by molar-refractivity contribution is 0.0690. The van der Waals surface area contributed by atoms with E-state index in [1.165, 1.54) is 64.2 Å². The van der Waals surface area contributed by atoms with Crippen molar-refractivity contribution in [3.63, 3.8) is 0 Å². The van der Waals surface area contributed by atoms with Gasteiger partial charge in [0.15, 0.2) is 0 Å². The van der Waals surface area contributed by atoms with Crippen molar-refractivity contribution >= 4 is 5.97 Å². The molecule has 0 saturated heterocycles. The number of aromatic carboxylic acids is 1. The summed E-state index contributed by atoms with van der Waals surface area (Å²) in [5.41, 5.74) is 2.41. The predicted molar refractivity (Wildman–Crippen MR) is 92.7 cm³/mol. The first-order valence-corrected chi connectivity index (χ1v) is 9.07. The van der Waals surface area contributed by atoms with E-state index in [1.807, 2.05) is 13.1 Å². The van der Waals surface area contributed by atoms with Crippen LogP contribution in [0.3, 0.4) is 0 Å². The Balaban J connectivity index is 1.99. The zero-order valence-electron chi connectivity index (χ0n) is 14.4. The predicted octanol–water partition coefficient (Wildman–Crippen LogP) is 5.87. The number of aryl methyl sites for hydroxylation is 1. The third-order valence-electron chi connectivity index (χ3n) is 4.51. The fourth-order valence-electron chi connectivity index (χ4n) is 3.00. The summed E-state index contributed by atoms with van der Waals surface area (Å²) in [6, 6.07) is 0. The van der Waals surface area contributed by atoms with Crippen LogP contribution >= 0.6 is 0 Å². The van der Waals surface area contributed by atoms with Gasteiger partial charge in [0.25, 0.3) is 0 Å². The Hall–Kier alpha value is -1.25. The first-order chi connectivity index (χ1) is 10.7. The number of carboxylic acids is 1. The zero-order chi connectivity index (χ0) is 16.2. The number of aromatic amines is 1. The molecule has 0 fully saturated rings. The molecule has 1 aromatic rings. The number of H-pyrrole nitrogens is 1. The molecule has 1 heterocycles. The van der Waals surface area contributed by atoms with E-state index in [1.54, 1.807) is 0 Å². The Kier molecular flexibility index (Phi) is 9.69. The van der Waals surface area contributed by atoms with Crippen LogP contribution in [0.2, 0.25) is 0 Å². The Labute approximate surface area is 135 Å². The molecule has 3 nitrogen and oxygen atoms in total. The molecular weight excluding hydrogens is 274 g/mol. The highest BCUT2D eigenvalue weighted by molar-refractivity contribution is 5.87. The second kappa shape index (κ2) is 11.3. The summed E-state index contributed by atoms with van der Waals surface area (Å²) in [6.45, 7) is 4.16. The monoisotopic (exact) mass is 307 g/mol. The first kappa shape index (κ1) is 18.8. The van der Waals surface area contributed by atoms with Crippen LogP contribution in [-0.4, -0.2) is 16.1 Å². The molecule has 0 atom stereocenters. The number of aromatic nitrogens is 1. The van der Waals surface area contributed by atoms with Gasteiger partial charge in [0.2, 0.25) is 0 Å². The molecule has 22 heavy (non-hydrogen) atoms. The molecule has 0 aliphatic heterocycles. The van der Waals surface area contributed by atoms with Gasteiger partial charge >= 0.3 is 5.97 Å². The fraction of sp³-hybridized carbons (Fsp3) is 0.737. The number of rotatable bonds is 13. The average Bonchev–Trinajstić information content (AvgIpc) is 2.86. The maximum atomic E-state index is 11.0. The van der Waals surface area contributed by atoms with E-state index in [0.717, 1.165) is 24.0 Å². The minimum atomic E-state index is -0.859. The quantitative estimate of drug-likeness (QED) is 0.447.